The molecule has 0 aromatic carbocycles. The molecule has 2 rings (SSSR count). The molecular weight excluding hydrogens is 193 g/mol. The zero-order chi connectivity index (χ0) is 10.4. The highest BCUT2D eigenvalue weighted by atomic mass is 19.3. The Morgan fingerprint density at radius 2 is 2.14 bits per heavy atom. The van der Waals surface area contributed by atoms with Gasteiger partial charge < -0.3 is 5.73 Å². The SMILES string of the molecule is NCC1(c2ccncc2F)CC1(F)F. The molecule has 1 aromatic rings. The van der Waals surface area contributed by atoms with Crippen LogP contribution in [0.4, 0.5) is 13.2 Å². The van der Waals surface area contributed by atoms with E-state index in [1.807, 2.05) is 0 Å². The topological polar surface area (TPSA) is 38.9 Å². The summed E-state index contributed by atoms with van der Waals surface area (Å²) >= 11 is 0. The molecular formula is C9H9F3N2. The zero-order valence-corrected chi connectivity index (χ0v) is 7.30. The Morgan fingerprint density at radius 1 is 1.50 bits per heavy atom. The van der Waals surface area contributed by atoms with Crippen LogP contribution in [0.5, 0.6) is 0 Å². The van der Waals surface area contributed by atoms with Crippen LogP contribution in [0.15, 0.2) is 18.5 Å². The number of nitrogens with zero attached hydrogens (tertiary/aromatic N) is 1. The third kappa shape index (κ3) is 1.05. The summed E-state index contributed by atoms with van der Waals surface area (Å²) in [5.74, 6) is -3.60. The molecule has 0 bridgehead atoms. The summed E-state index contributed by atoms with van der Waals surface area (Å²) in [6, 6.07) is 1.27. The van der Waals surface area contributed by atoms with Gasteiger partial charge in [-0.15, -0.1) is 0 Å². The second-order valence-corrected chi connectivity index (χ2v) is 3.52. The van der Waals surface area contributed by atoms with Gasteiger partial charge in [0, 0.05) is 24.7 Å². The van der Waals surface area contributed by atoms with E-state index < -0.39 is 17.2 Å². The van der Waals surface area contributed by atoms with Gasteiger partial charge in [-0.3, -0.25) is 4.98 Å². The molecule has 5 heteroatoms. The average molecular weight is 202 g/mol. The van der Waals surface area contributed by atoms with Gasteiger partial charge in [0.25, 0.3) is 5.92 Å². The number of pyridine rings is 1. The van der Waals surface area contributed by atoms with Crippen LogP contribution < -0.4 is 5.73 Å². The number of aromatic nitrogens is 1. The number of hydrogen-bond donors (Lipinski definition) is 1. The van der Waals surface area contributed by atoms with E-state index in [-0.39, 0.29) is 18.5 Å². The van der Waals surface area contributed by atoms with Crippen LogP contribution in [-0.4, -0.2) is 17.5 Å². The van der Waals surface area contributed by atoms with Gasteiger partial charge in [-0.25, -0.2) is 13.2 Å². The quantitative estimate of drug-likeness (QED) is 0.788. The minimum atomic E-state index is -2.88. The maximum atomic E-state index is 13.2. The molecule has 2 N–H and O–H groups in total. The van der Waals surface area contributed by atoms with E-state index in [0.717, 1.165) is 6.20 Å². The second kappa shape index (κ2) is 2.70. The number of rotatable bonds is 2. The van der Waals surface area contributed by atoms with Gasteiger partial charge in [0.05, 0.1) is 11.6 Å². The molecule has 1 aromatic heterocycles. The Labute approximate surface area is 78.9 Å². The highest BCUT2D eigenvalue weighted by Crippen LogP contribution is 2.61. The average Bonchev–Trinajstić information content (AvgIpc) is 2.70. The second-order valence-electron chi connectivity index (χ2n) is 3.52. The first-order valence-electron chi connectivity index (χ1n) is 4.21. The van der Waals surface area contributed by atoms with Gasteiger partial charge in [-0.05, 0) is 6.07 Å². The maximum Gasteiger partial charge on any atom is 0.260 e. The number of nitrogens with two attached hydrogens (primary N) is 1. The van der Waals surface area contributed by atoms with Crippen molar-refractivity contribution in [1.82, 2.24) is 4.98 Å². The smallest absolute Gasteiger partial charge is 0.260 e. The van der Waals surface area contributed by atoms with Gasteiger partial charge in [-0.1, -0.05) is 0 Å². The summed E-state index contributed by atoms with van der Waals surface area (Å²) in [6.45, 7) is -0.249. The van der Waals surface area contributed by atoms with Gasteiger partial charge >= 0.3 is 0 Å². The van der Waals surface area contributed by atoms with Crippen molar-refractivity contribution in [1.29, 1.82) is 0 Å². The molecule has 0 saturated heterocycles. The van der Waals surface area contributed by atoms with E-state index in [1.54, 1.807) is 0 Å². The first-order chi connectivity index (χ1) is 6.53. The molecule has 1 atom stereocenters. The van der Waals surface area contributed by atoms with Gasteiger partial charge in [0.15, 0.2) is 0 Å². The Kier molecular flexibility index (Phi) is 1.82. The molecule has 76 valence electrons. The summed E-state index contributed by atoms with van der Waals surface area (Å²) in [5.41, 5.74) is 3.75. The van der Waals surface area contributed by atoms with Crippen LogP contribution in [0.2, 0.25) is 0 Å². The first-order valence-corrected chi connectivity index (χ1v) is 4.21. The summed E-state index contributed by atoms with van der Waals surface area (Å²) < 4.78 is 39.3. The minimum Gasteiger partial charge on any atom is -0.329 e. The fourth-order valence-electron chi connectivity index (χ4n) is 1.72. The summed E-state index contributed by atoms with van der Waals surface area (Å²) in [4.78, 5) is 3.51. The Balaban J connectivity index is 2.46. The van der Waals surface area contributed by atoms with Crippen LogP contribution in [0.25, 0.3) is 0 Å². The normalized spacial score (nSPS) is 28.9. The third-order valence-electron chi connectivity index (χ3n) is 2.74. The van der Waals surface area contributed by atoms with Crippen LogP contribution in [0.1, 0.15) is 12.0 Å². The Morgan fingerprint density at radius 3 is 2.57 bits per heavy atom. The minimum absolute atomic E-state index is 0.0278. The highest BCUT2D eigenvalue weighted by molar-refractivity contribution is 5.38. The van der Waals surface area contributed by atoms with Crippen LogP contribution >= 0.6 is 0 Å². The molecule has 1 aliphatic rings. The summed E-state index contributed by atoms with van der Waals surface area (Å²) in [5, 5.41) is 0. The van der Waals surface area contributed by atoms with Gasteiger partial charge in [0.2, 0.25) is 0 Å². The molecule has 1 aliphatic carbocycles. The van der Waals surface area contributed by atoms with E-state index in [2.05, 4.69) is 4.98 Å². The monoisotopic (exact) mass is 202 g/mol. The predicted octanol–water partition coefficient (Wildman–Crippen LogP) is 1.46. The highest BCUT2D eigenvalue weighted by Gasteiger charge is 2.71. The molecule has 1 heterocycles. The molecule has 14 heavy (non-hydrogen) atoms. The fourth-order valence-corrected chi connectivity index (χ4v) is 1.72. The van der Waals surface area contributed by atoms with Crippen LogP contribution in [-0.2, 0) is 5.41 Å². The predicted molar refractivity (Wildman–Crippen MR) is 44.5 cm³/mol. The first kappa shape index (κ1) is 9.45. The largest absolute Gasteiger partial charge is 0.329 e. The van der Waals surface area contributed by atoms with Crippen molar-refractivity contribution < 1.29 is 13.2 Å². The van der Waals surface area contributed by atoms with Crippen molar-refractivity contribution in [3.8, 4) is 0 Å². The van der Waals surface area contributed by atoms with Crippen molar-refractivity contribution in [2.45, 2.75) is 17.8 Å². The van der Waals surface area contributed by atoms with Crippen molar-refractivity contribution >= 4 is 0 Å². The molecule has 1 fully saturated rings. The van der Waals surface area contributed by atoms with Crippen molar-refractivity contribution in [3.63, 3.8) is 0 Å². The number of hydrogen-bond acceptors (Lipinski definition) is 2. The van der Waals surface area contributed by atoms with Crippen molar-refractivity contribution in [2.24, 2.45) is 5.73 Å². The standard InChI is InChI=1S/C9H9F3N2/c10-7-3-14-2-1-6(7)8(5-13)4-9(8,11)12/h1-3H,4-5,13H2. The molecule has 0 amide bonds. The summed E-state index contributed by atoms with van der Waals surface area (Å²) in [6.07, 6.45) is 1.85. The molecule has 1 saturated carbocycles. The van der Waals surface area contributed by atoms with Crippen molar-refractivity contribution in [2.75, 3.05) is 6.54 Å². The molecule has 0 spiro atoms. The summed E-state index contributed by atoms with van der Waals surface area (Å²) in [7, 11) is 0. The molecule has 1 unspecified atom stereocenters. The van der Waals surface area contributed by atoms with E-state index in [1.165, 1.54) is 12.3 Å². The molecule has 0 radical (unpaired) electrons. The Bertz CT molecular complexity index is 367. The van der Waals surface area contributed by atoms with Crippen LogP contribution in [0.3, 0.4) is 0 Å². The number of alkyl halides is 2. The Hall–Kier alpha value is -1.10. The lowest BCUT2D eigenvalue weighted by Crippen LogP contribution is -2.27. The van der Waals surface area contributed by atoms with E-state index in [0.29, 0.717) is 0 Å². The van der Waals surface area contributed by atoms with Gasteiger partial charge in [0.1, 0.15) is 5.82 Å². The molecule has 0 aliphatic heterocycles. The van der Waals surface area contributed by atoms with Crippen molar-refractivity contribution in [3.05, 3.63) is 29.8 Å². The lowest BCUT2D eigenvalue weighted by molar-refractivity contribution is 0.0886. The zero-order valence-electron chi connectivity index (χ0n) is 7.30. The van der Waals surface area contributed by atoms with Crippen LogP contribution in [0, 0.1) is 5.82 Å². The molecule has 2 nitrogen and oxygen atoms in total. The van der Waals surface area contributed by atoms with E-state index in [4.69, 9.17) is 5.73 Å². The maximum absolute atomic E-state index is 13.2. The lowest BCUT2D eigenvalue weighted by Gasteiger charge is -2.14. The van der Waals surface area contributed by atoms with Gasteiger partial charge in [-0.2, -0.15) is 0 Å². The number of halogens is 3. The van der Waals surface area contributed by atoms with E-state index >= 15 is 0 Å². The fraction of sp³-hybridized carbons (Fsp3) is 0.444. The van der Waals surface area contributed by atoms with E-state index in [9.17, 15) is 13.2 Å². The third-order valence-corrected chi connectivity index (χ3v) is 2.74. The lowest BCUT2D eigenvalue weighted by atomic mass is 9.96.